The first kappa shape index (κ1) is 15.1. The molecule has 2 rings (SSSR count). The molecule has 1 heterocycles. The molecule has 0 radical (unpaired) electrons. The van der Waals surface area contributed by atoms with E-state index in [2.05, 4.69) is 5.32 Å². The number of nitrogens with one attached hydrogen (secondary N) is 1. The van der Waals surface area contributed by atoms with Gasteiger partial charge in [0.25, 0.3) is 0 Å². The summed E-state index contributed by atoms with van der Waals surface area (Å²) in [4.78, 5) is 12.3. The van der Waals surface area contributed by atoms with Gasteiger partial charge in [0.15, 0.2) is 5.82 Å². The largest absolute Gasteiger partial charge is 0.481 e. The molecule has 7 heteroatoms. The van der Waals surface area contributed by atoms with Crippen molar-refractivity contribution in [2.24, 2.45) is 0 Å². The average Bonchev–Trinajstić information content (AvgIpc) is 2.80. The van der Waals surface area contributed by atoms with Crippen LogP contribution in [0, 0.1) is 5.82 Å². The molecule has 0 fully saturated rings. The molecule has 3 nitrogen and oxygen atoms in total. The molecule has 0 unspecified atom stereocenters. The fourth-order valence-corrected chi connectivity index (χ4v) is 3.04. The summed E-state index contributed by atoms with van der Waals surface area (Å²) in [6.07, 6.45) is 0.0128. The van der Waals surface area contributed by atoms with Crippen molar-refractivity contribution in [2.45, 2.75) is 13.0 Å². The first-order chi connectivity index (χ1) is 9.45. The van der Waals surface area contributed by atoms with Crippen LogP contribution in [0.1, 0.15) is 9.75 Å². The molecule has 0 amide bonds. The van der Waals surface area contributed by atoms with Crippen LogP contribution in [0.4, 0.5) is 10.1 Å². The van der Waals surface area contributed by atoms with Crippen LogP contribution in [0.15, 0.2) is 24.3 Å². The first-order valence-corrected chi connectivity index (χ1v) is 7.20. The lowest BCUT2D eigenvalue weighted by molar-refractivity contribution is -0.136. The number of anilines is 1. The van der Waals surface area contributed by atoms with Gasteiger partial charge in [-0.2, -0.15) is 0 Å². The molecule has 0 saturated carbocycles. The summed E-state index contributed by atoms with van der Waals surface area (Å²) in [5.41, 5.74) is 0.606. The number of rotatable bonds is 5. The quantitative estimate of drug-likeness (QED) is 0.795. The van der Waals surface area contributed by atoms with Crippen molar-refractivity contribution in [3.05, 3.63) is 49.9 Å². The first-order valence-electron chi connectivity index (χ1n) is 5.63. The van der Waals surface area contributed by atoms with E-state index in [9.17, 15) is 9.18 Å². The third kappa shape index (κ3) is 3.85. The molecule has 0 spiro atoms. The van der Waals surface area contributed by atoms with Gasteiger partial charge in [-0.05, 0) is 24.3 Å². The van der Waals surface area contributed by atoms with E-state index in [1.54, 1.807) is 6.07 Å². The minimum atomic E-state index is -0.858. The number of carbonyl (C=O) groups is 1. The topological polar surface area (TPSA) is 49.3 Å². The van der Waals surface area contributed by atoms with Crippen LogP contribution < -0.4 is 5.32 Å². The summed E-state index contributed by atoms with van der Waals surface area (Å²) in [7, 11) is 0. The Bertz CT molecular complexity index is 622. The normalized spacial score (nSPS) is 10.6. The number of carboxylic acids is 1. The van der Waals surface area contributed by atoms with Crippen LogP contribution in [0.3, 0.4) is 0 Å². The predicted octanol–water partition coefficient (Wildman–Crippen LogP) is 4.43. The molecule has 0 saturated heterocycles. The lowest BCUT2D eigenvalue weighted by atomic mass is 10.3. The second-order valence-corrected chi connectivity index (χ2v) is 6.11. The van der Waals surface area contributed by atoms with E-state index in [1.807, 2.05) is 6.07 Å². The van der Waals surface area contributed by atoms with Crippen molar-refractivity contribution < 1.29 is 14.3 Å². The van der Waals surface area contributed by atoms with E-state index in [0.29, 0.717) is 12.2 Å². The standard InChI is InChI=1S/C13H10Cl2FNO2S/c14-10-3-7(4-11(15)13(10)16)17-6-9-2-1-8(20-9)5-12(18)19/h1-4,17H,5-6H2,(H,18,19). The number of thiophene rings is 1. The van der Waals surface area contributed by atoms with Gasteiger partial charge in [0.2, 0.25) is 0 Å². The summed E-state index contributed by atoms with van der Waals surface area (Å²) in [5, 5.41) is 11.7. The second-order valence-electron chi connectivity index (χ2n) is 4.05. The van der Waals surface area contributed by atoms with Crippen molar-refractivity contribution in [1.82, 2.24) is 0 Å². The number of halogens is 3. The summed E-state index contributed by atoms with van der Waals surface area (Å²) in [6, 6.07) is 6.53. The number of hydrogen-bond donors (Lipinski definition) is 2. The lowest BCUT2D eigenvalue weighted by Gasteiger charge is -2.07. The highest BCUT2D eigenvalue weighted by Gasteiger charge is 2.08. The Hall–Kier alpha value is -1.30. The maximum atomic E-state index is 13.3. The molecule has 2 aromatic rings. The molecular weight excluding hydrogens is 324 g/mol. The number of aliphatic carboxylic acids is 1. The molecule has 0 bridgehead atoms. The van der Waals surface area contributed by atoms with Crippen molar-refractivity contribution in [3.63, 3.8) is 0 Å². The molecule has 1 aromatic carbocycles. The molecule has 2 N–H and O–H groups in total. The van der Waals surface area contributed by atoms with Crippen LogP contribution in [0.5, 0.6) is 0 Å². The van der Waals surface area contributed by atoms with Gasteiger partial charge >= 0.3 is 5.97 Å². The van der Waals surface area contributed by atoms with Crippen LogP contribution in [0.25, 0.3) is 0 Å². The zero-order valence-electron chi connectivity index (χ0n) is 10.1. The third-order valence-corrected chi connectivity index (χ3v) is 4.13. The molecule has 0 aliphatic carbocycles. The van der Waals surface area contributed by atoms with Gasteiger partial charge in [-0.3, -0.25) is 4.79 Å². The highest BCUT2D eigenvalue weighted by Crippen LogP contribution is 2.28. The highest BCUT2D eigenvalue weighted by molar-refractivity contribution is 7.12. The molecule has 1 aromatic heterocycles. The summed E-state index contributed by atoms with van der Waals surface area (Å²) < 4.78 is 13.3. The van der Waals surface area contributed by atoms with Crippen molar-refractivity contribution in [2.75, 3.05) is 5.32 Å². The number of benzene rings is 1. The van der Waals surface area contributed by atoms with E-state index in [0.717, 1.165) is 9.75 Å². The Morgan fingerprint density at radius 3 is 2.45 bits per heavy atom. The van der Waals surface area contributed by atoms with E-state index in [4.69, 9.17) is 28.3 Å². The van der Waals surface area contributed by atoms with Gasteiger partial charge in [-0.15, -0.1) is 11.3 Å². The minimum Gasteiger partial charge on any atom is -0.481 e. The molecule has 20 heavy (non-hydrogen) atoms. The monoisotopic (exact) mass is 333 g/mol. The van der Waals surface area contributed by atoms with Crippen molar-refractivity contribution in [3.8, 4) is 0 Å². The molecule has 0 aliphatic rings. The summed E-state index contributed by atoms with van der Waals surface area (Å²) >= 11 is 12.8. The van der Waals surface area contributed by atoms with Gasteiger partial charge in [-0.1, -0.05) is 23.2 Å². The highest BCUT2D eigenvalue weighted by atomic mass is 35.5. The number of carboxylic acid groups (broad SMARTS) is 1. The Balaban J connectivity index is 2.02. The molecule has 0 aliphatic heterocycles. The maximum absolute atomic E-state index is 13.3. The SMILES string of the molecule is O=C(O)Cc1ccc(CNc2cc(Cl)c(F)c(Cl)c2)s1. The van der Waals surface area contributed by atoms with Gasteiger partial charge in [0, 0.05) is 22.0 Å². The van der Waals surface area contributed by atoms with Gasteiger partial charge in [0.1, 0.15) is 0 Å². The van der Waals surface area contributed by atoms with Crippen molar-refractivity contribution >= 4 is 46.2 Å². The third-order valence-electron chi connectivity index (χ3n) is 2.49. The molecular formula is C13H10Cl2FNO2S. The zero-order chi connectivity index (χ0) is 14.7. The van der Waals surface area contributed by atoms with E-state index < -0.39 is 11.8 Å². The van der Waals surface area contributed by atoms with Crippen LogP contribution >= 0.6 is 34.5 Å². The lowest BCUT2D eigenvalue weighted by Crippen LogP contribution is -1.98. The van der Waals surface area contributed by atoms with E-state index >= 15 is 0 Å². The smallest absolute Gasteiger partial charge is 0.308 e. The number of hydrogen-bond acceptors (Lipinski definition) is 3. The predicted molar refractivity (Wildman–Crippen MR) is 79.4 cm³/mol. The summed E-state index contributed by atoms with van der Waals surface area (Å²) in [5.74, 6) is -1.50. The maximum Gasteiger partial charge on any atom is 0.308 e. The minimum absolute atomic E-state index is 0.0128. The van der Waals surface area contributed by atoms with Gasteiger partial charge in [-0.25, -0.2) is 4.39 Å². The fraction of sp³-hybridized carbons (Fsp3) is 0.154. The van der Waals surface area contributed by atoms with Gasteiger partial charge < -0.3 is 10.4 Å². The van der Waals surface area contributed by atoms with Crippen LogP contribution in [0.2, 0.25) is 10.0 Å². The Morgan fingerprint density at radius 1 is 1.25 bits per heavy atom. The van der Waals surface area contributed by atoms with E-state index in [-0.39, 0.29) is 16.5 Å². The molecule has 106 valence electrons. The van der Waals surface area contributed by atoms with Crippen LogP contribution in [-0.2, 0) is 17.8 Å². The van der Waals surface area contributed by atoms with Crippen LogP contribution in [-0.4, -0.2) is 11.1 Å². The average molecular weight is 334 g/mol. The zero-order valence-corrected chi connectivity index (χ0v) is 12.4. The second kappa shape index (κ2) is 6.43. The molecule has 0 atom stereocenters. The van der Waals surface area contributed by atoms with E-state index in [1.165, 1.54) is 23.5 Å². The fourth-order valence-electron chi connectivity index (χ4n) is 1.61. The Kier molecular flexibility index (Phi) is 4.86. The van der Waals surface area contributed by atoms with Gasteiger partial charge in [0.05, 0.1) is 16.5 Å². The Labute approximate surface area is 129 Å². The van der Waals surface area contributed by atoms with Crippen molar-refractivity contribution in [1.29, 1.82) is 0 Å². The Morgan fingerprint density at radius 2 is 1.85 bits per heavy atom. The summed E-state index contributed by atoms with van der Waals surface area (Å²) in [6.45, 7) is 0.489.